The molecule has 0 aromatic heterocycles. The van der Waals surface area contributed by atoms with Crippen LogP contribution >= 0.6 is 22.6 Å². The second-order valence-corrected chi connectivity index (χ2v) is 5.78. The molecule has 0 spiro atoms. The third kappa shape index (κ3) is 3.26. The Bertz CT molecular complexity index is 643. The molecule has 1 nitrogen and oxygen atoms in total. The number of aryl methyl sites for hydroxylation is 1. The van der Waals surface area contributed by atoms with E-state index >= 15 is 0 Å². The minimum Gasteiger partial charge on any atom is -0.378 e. The number of anilines is 1. The van der Waals surface area contributed by atoms with Crippen LogP contribution in [0.25, 0.3) is 0 Å². The third-order valence-corrected chi connectivity index (χ3v) is 3.94. The van der Waals surface area contributed by atoms with Crippen LogP contribution in [0, 0.1) is 27.9 Å². The van der Waals surface area contributed by atoms with Crippen LogP contribution in [0.3, 0.4) is 0 Å². The quantitative estimate of drug-likeness (QED) is 0.711. The first kappa shape index (κ1) is 15.2. The van der Waals surface area contributed by atoms with Crippen LogP contribution < -0.4 is 5.32 Å². The van der Waals surface area contributed by atoms with Crippen LogP contribution in [0.2, 0.25) is 0 Å². The molecular weight excluding hydrogens is 378 g/mol. The van der Waals surface area contributed by atoms with Crippen LogP contribution in [0.5, 0.6) is 0 Å². The molecule has 0 aliphatic carbocycles. The maximum absolute atomic E-state index is 13.9. The summed E-state index contributed by atoms with van der Waals surface area (Å²) in [6.07, 6.45) is 0. The van der Waals surface area contributed by atoms with Gasteiger partial charge in [-0.25, -0.2) is 13.2 Å². The summed E-state index contributed by atoms with van der Waals surface area (Å²) in [6.45, 7) is 3.25. The first-order valence-corrected chi connectivity index (χ1v) is 7.13. The van der Waals surface area contributed by atoms with Crippen molar-refractivity contribution < 1.29 is 13.2 Å². The Morgan fingerprint density at radius 2 is 1.75 bits per heavy atom. The Hall–Kier alpha value is -1.24. The van der Waals surface area contributed by atoms with Crippen LogP contribution in [0.15, 0.2) is 30.3 Å². The molecule has 2 aromatic carbocycles. The number of nitrogens with one attached hydrogen (secondary N) is 1. The number of hydrogen-bond donors (Lipinski definition) is 1. The summed E-state index contributed by atoms with van der Waals surface area (Å²) >= 11 is 1.99. The summed E-state index contributed by atoms with van der Waals surface area (Å²) in [5, 5.41) is 3.06. The highest BCUT2D eigenvalue weighted by atomic mass is 127. The Morgan fingerprint density at radius 1 is 1.05 bits per heavy atom. The maximum Gasteiger partial charge on any atom is 0.128 e. The lowest BCUT2D eigenvalue weighted by Crippen LogP contribution is -2.10. The molecule has 0 amide bonds. The fourth-order valence-electron chi connectivity index (χ4n) is 1.91. The average molecular weight is 391 g/mol. The Morgan fingerprint density at radius 3 is 2.40 bits per heavy atom. The smallest absolute Gasteiger partial charge is 0.128 e. The highest BCUT2D eigenvalue weighted by Crippen LogP contribution is 2.27. The molecule has 1 N–H and O–H groups in total. The van der Waals surface area contributed by atoms with Gasteiger partial charge in [-0.15, -0.1) is 0 Å². The van der Waals surface area contributed by atoms with E-state index in [0.29, 0.717) is 9.26 Å². The predicted octanol–water partition coefficient (Wildman–Crippen LogP) is 5.19. The number of hydrogen-bond acceptors (Lipinski definition) is 1. The third-order valence-electron chi connectivity index (χ3n) is 3.05. The van der Waals surface area contributed by atoms with Crippen molar-refractivity contribution in [1.82, 2.24) is 0 Å². The van der Waals surface area contributed by atoms with Crippen molar-refractivity contribution in [3.05, 3.63) is 62.5 Å². The van der Waals surface area contributed by atoms with Gasteiger partial charge in [-0.2, -0.15) is 0 Å². The van der Waals surface area contributed by atoms with Crippen molar-refractivity contribution >= 4 is 28.3 Å². The van der Waals surface area contributed by atoms with E-state index in [2.05, 4.69) is 5.32 Å². The van der Waals surface area contributed by atoms with Gasteiger partial charge in [0.25, 0.3) is 0 Å². The van der Waals surface area contributed by atoms with E-state index < -0.39 is 17.7 Å². The van der Waals surface area contributed by atoms with Crippen molar-refractivity contribution in [3.63, 3.8) is 0 Å². The van der Waals surface area contributed by atoms with Gasteiger partial charge >= 0.3 is 0 Å². The Kier molecular flexibility index (Phi) is 4.57. The maximum atomic E-state index is 13.9. The average Bonchev–Trinajstić information content (AvgIpc) is 2.37. The number of rotatable bonds is 3. The van der Waals surface area contributed by atoms with Crippen molar-refractivity contribution in [2.75, 3.05) is 5.32 Å². The molecule has 106 valence electrons. The monoisotopic (exact) mass is 391 g/mol. The lowest BCUT2D eigenvalue weighted by atomic mass is 10.0. The van der Waals surface area contributed by atoms with E-state index in [1.165, 1.54) is 31.2 Å². The molecular formula is C15H13F3IN. The predicted molar refractivity (Wildman–Crippen MR) is 82.2 cm³/mol. The van der Waals surface area contributed by atoms with E-state index in [9.17, 15) is 13.2 Å². The van der Waals surface area contributed by atoms with E-state index in [4.69, 9.17) is 0 Å². The van der Waals surface area contributed by atoms with Crippen molar-refractivity contribution in [3.8, 4) is 0 Å². The molecule has 0 heterocycles. The molecule has 2 aromatic rings. The summed E-state index contributed by atoms with van der Waals surface area (Å²) in [4.78, 5) is 0. The first-order chi connectivity index (χ1) is 9.38. The van der Waals surface area contributed by atoms with Gasteiger partial charge in [0.05, 0.1) is 6.04 Å². The minimum atomic E-state index is -0.457. The summed E-state index contributed by atoms with van der Waals surface area (Å²) in [5.41, 5.74) is 1.20. The van der Waals surface area contributed by atoms with Gasteiger partial charge in [-0.1, -0.05) is 0 Å². The number of benzene rings is 2. The normalized spacial score (nSPS) is 12.3. The molecule has 20 heavy (non-hydrogen) atoms. The first-order valence-electron chi connectivity index (χ1n) is 6.05. The van der Waals surface area contributed by atoms with E-state index in [-0.39, 0.29) is 16.9 Å². The summed E-state index contributed by atoms with van der Waals surface area (Å²) in [5.74, 6) is -1.23. The lowest BCUT2D eigenvalue weighted by molar-refractivity contribution is 0.571. The molecule has 1 atom stereocenters. The Labute approximate surface area is 129 Å². The molecule has 0 fully saturated rings. The van der Waals surface area contributed by atoms with Gasteiger partial charge in [0.1, 0.15) is 17.5 Å². The van der Waals surface area contributed by atoms with Gasteiger partial charge in [0.15, 0.2) is 0 Å². The summed E-state index contributed by atoms with van der Waals surface area (Å²) in [6, 6.07) is 6.22. The van der Waals surface area contributed by atoms with Crippen LogP contribution in [-0.2, 0) is 0 Å². The molecule has 0 aliphatic heterocycles. The zero-order chi connectivity index (χ0) is 14.9. The fraction of sp³-hybridized carbons (Fsp3) is 0.200. The molecule has 0 aliphatic rings. The van der Waals surface area contributed by atoms with Crippen LogP contribution in [0.4, 0.5) is 18.9 Å². The molecule has 0 saturated carbocycles. The van der Waals surface area contributed by atoms with Crippen molar-refractivity contribution in [2.24, 2.45) is 0 Å². The molecule has 1 unspecified atom stereocenters. The van der Waals surface area contributed by atoms with Crippen LogP contribution in [0.1, 0.15) is 24.1 Å². The van der Waals surface area contributed by atoms with E-state index in [1.807, 2.05) is 22.6 Å². The second-order valence-electron chi connectivity index (χ2n) is 4.61. The second kappa shape index (κ2) is 6.03. The minimum absolute atomic E-state index is 0.244. The molecule has 2 rings (SSSR count). The number of halogens is 4. The Balaban J connectivity index is 2.28. The fourth-order valence-corrected chi connectivity index (χ4v) is 2.54. The standard InChI is InChI=1S/C15H13F3IN/c1-8-5-13(18)11(7-12(8)17)9(2)20-15-4-3-10(16)6-14(15)19/h3-7,9,20H,1-2H3. The van der Waals surface area contributed by atoms with Gasteiger partial charge < -0.3 is 5.32 Å². The van der Waals surface area contributed by atoms with Gasteiger partial charge in [0, 0.05) is 14.8 Å². The molecule has 0 saturated heterocycles. The lowest BCUT2D eigenvalue weighted by Gasteiger charge is -2.18. The van der Waals surface area contributed by atoms with Gasteiger partial charge in [-0.3, -0.25) is 0 Å². The van der Waals surface area contributed by atoms with Gasteiger partial charge in [0.2, 0.25) is 0 Å². The van der Waals surface area contributed by atoms with E-state index in [0.717, 1.165) is 0 Å². The zero-order valence-corrected chi connectivity index (χ0v) is 13.1. The highest BCUT2D eigenvalue weighted by molar-refractivity contribution is 14.1. The van der Waals surface area contributed by atoms with E-state index in [1.54, 1.807) is 13.0 Å². The largest absolute Gasteiger partial charge is 0.378 e. The van der Waals surface area contributed by atoms with Crippen LogP contribution in [-0.4, -0.2) is 0 Å². The molecule has 5 heteroatoms. The van der Waals surface area contributed by atoms with Crippen molar-refractivity contribution in [2.45, 2.75) is 19.9 Å². The van der Waals surface area contributed by atoms with Crippen molar-refractivity contribution in [1.29, 1.82) is 0 Å². The zero-order valence-electron chi connectivity index (χ0n) is 11.0. The molecule has 0 bridgehead atoms. The van der Waals surface area contributed by atoms with Gasteiger partial charge in [-0.05, 0) is 72.3 Å². The SMILES string of the molecule is Cc1cc(F)c(C(C)Nc2ccc(F)cc2I)cc1F. The summed E-state index contributed by atoms with van der Waals surface area (Å²) in [7, 11) is 0. The highest BCUT2D eigenvalue weighted by Gasteiger charge is 2.15. The molecule has 0 radical (unpaired) electrons. The summed E-state index contributed by atoms with van der Waals surface area (Å²) < 4.78 is 41.1. The topological polar surface area (TPSA) is 12.0 Å².